The Bertz CT molecular complexity index is 424. The molecule has 1 fully saturated rings. The van der Waals surface area contributed by atoms with Crippen LogP contribution >= 0.6 is 0 Å². The molecule has 0 saturated heterocycles. The van der Waals surface area contributed by atoms with Gasteiger partial charge in [0.2, 0.25) is 0 Å². The molecule has 0 heterocycles. The van der Waals surface area contributed by atoms with E-state index in [0.29, 0.717) is 11.5 Å². The lowest BCUT2D eigenvalue weighted by molar-refractivity contribution is -0.101. The Labute approximate surface area is 114 Å². The van der Waals surface area contributed by atoms with Crippen LogP contribution in [0.15, 0.2) is 18.2 Å². The Balaban J connectivity index is 2.38. The fourth-order valence-electron chi connectivity index (χ4n) is 2.90. The average molecular weight is 266 g/mol. The second kappa shape index (κ2) is 5.80. The third kappa shape index (κ3) is 2.55. The number of methoxy groups -OCH3 is 3. The summed E-state index contributed by atoms with van der Waals surface area (Å²) in [6, 6.07) is 5.46. The van der Waals surface area contributed by atoms with E-state index in [9.17, 15) is 5.11 Å². The molecule has 2 rings (SSSR count). The van der Waals surface area contributed by atoms with Crippen LogP contribution in [0.3, 0.4) is 0 Å². The van der Waals surface area contributed by atoms with Crippen LogP contribution in [0.5, 0.6) is 11.5 Å². The molecule has 0 spiro atoms. The number of benzene rings is 1. The zero-order valence-corrected chi connectivity index (χ0v) is 11.8. The highest BCUT2D eigenvalue weighted by Gasteiger charge is 2.42. The molecule has 1 saturated carbocycles. The van der Waals surface area contributed by atoms with Crippen LogP contribution in [0, 0.1) is 0 Å². The molecule has 1 unspecified atom stereocenters. The molecule has 0 amide bonds. The molecule has 106 valence electrons. The molecule has 1 aromatic rings. The van der Waals surface area contributed by atoms with Crippen molar-refractivity contribution in [2.45, 2.75) is 37.4 Å². The van der Waals surface area contributed by atoms with Crippen LogP contribution in [0.25, 0.3) is 0 Å². The molecule has 1 aromatic carbocycles. The lowest BCUT2D eigenvalue weighted by atomic mass is 9.88. The van der Waals surface area contributed by atoms with Crippen molar-refractivity contribution in [2.75, 3.05) is 21.3 Å². The zero-order chi connectivity index (χ0) is 13.9. The average Bonchev–Trinajstić information content (AvgIpc) is 2.95. The highest BCUT2D eigenvalue weighted by Crippen LogP contribution is 2.45. The predicted octanol–water partition coefficient (Wildman–Crippen LogP) is 2.70. The van der Waals surface area contributed by atoms with E-state index in [0.717, 1.165) is 31.2 Å². The summed E-state index contributed by atoms with van der Waals surface area (Å²) in [6.45, 7) is 0. The van der Waals surface area contributed by atoms with E-state index >= 15 is 0 Å². The summed E-state index contributed by atoms with van der Waals surface area (Å²) in [7, 11) is 4.88. The zero-order valence-electron chi connectivity index (χ0n) is 11.8. The molecular formula is C15H22O4. The number of hydrogen-bond acceptors (Lipinski definition) is 4. The second-order valence-electron chi connectivity index (χ2n) is 4.99. The van der Waals surface area contributed by atoms with Gasteiger partial charge in [0, 0.05) is 12.7 Å². The summed E-state index contributed by atoms with van der Waals surface area (Å²) < 4.78 is 16.2. The number of rotatable bonds is 5. The van der Waals surface area contributed by atoms with Crippen molar-refractivity contribution >= 4 is 0 Å². The number of ether oxygens (including phenoxy) is 3. The Morgan fingerprint density at radius 2 is 1.79 bits per heavy atom. The van der Waals surface area contributed by atoms with Gasteiger partial charge >= 0.3 is 0 Å². The highest BCUT2D eigenvalue weighted by atomic mass is 16.5. The molecular weight excluding hydrogens is 244 g/mol. The lowest BCUT2D eigenvalue weighted by Crippen LogP contribution is -2.35. The van der Waals surface area contributed by atoms with Gasteiger partial charge in [-0.05, 0) is 31.0 Å². The van der Waals surface area contributed by atoms with E-state index in [2.05, 4.69) is 0 Å². The number of aliphatic hydroxyl groups excluding tert-OH is 1. The lowest BCUT2D eigenvalue weighted by Gasteiger charge is -2.33. The standard InChI is InChI=1S/C15H22O4/c1-17-11-6-7-13(18-2)12(10-11)14(16)15(19-3)8-4-5-9-15/h6-7,10,14,16H,4-5,8-9H2,1-3H3. The molecule has 1 aliphatic rings. The summed E-state index contributed by atoms with van der Waals surface area (Å²) in [4.78, 5) is 0. The summed E-state index contributed by atoms with van der Waals surface area (Å²) in [6.07, 6.45) is 3.19. The van der Waals surface area contributed by atoms with Crippen LogP contribution in [-0.4, -0.2) is 32.0 Å². The van der Waals surface area contributed by atoms with Gasteiger partial charge in [0.05, 0.1) is 19.8 Å². The summed E-state index contributed by atoms with van der Waals surface area (Å²) in [5, 5.41) is 10.7. The molecule has 0 aromatic heterocycles. The first kappa shape index (κ1) is 14.2. The fourth-order valence-corrected chi connectivity index (χ4v) is 2.90. The maximum absolute atomic E-state index is 10.7. The Morgan fingerprint density at radius 3 is 2.32 bits per heavy atom. The molecule has 0 radical (unpaired) electrons. The summed E-state index contributed by atoms with van der Waals surface area (Å²) in [5.74, 6) is 1.37. The van der Waals surface area contributed by atoms with E-state index in [1.165, 1.54) is 0 Å². The largest absolute Gasteiger partial charge is 0.497 e. The van der Waals surface area contributed by atoms with E-state index in [-0.39, 0.29) is 0 Å². The van der Waals surface area contributed by atoms with Crippen molar-refractivity contribution in [2.24, 2.45) is 0 Å². The van der Waals surface area contributed by atoms with Gasteiger partial charge < -0.3 is 19.3 Å². The van der Waals surface area contributed by atoms with Crippen molar-refractivity contribution < 1.29 is 19.3 Å². The van der Waals surface area contributed by atoms with Crippen LogP contribution < -0.4 is 9.47 Å². The first-order valence-electron chi connectivity index (χ1n) is 6.62. The summed E-state index contributed by atoms with van der Waals surface area (Å²) >= 11 is 0. The maximum Gasteiger partial charge on any atom is 0.125 e. The van der Waals surface area contributed by atoms with E-state index in [1.54, 1.807) is 21.3 Å². The van der Waals surface area contributed by atoms with Crippen LogP contribution in [0.4, 0.5) is 0 Å². The van der Waals surface area contributed by atoms with Crippen LogP contribution in [0.2, 0.25) is 0 Å². The third-order valence-corrected chi connectivity index (χ3v) is 4.09. The smallest absolute Gasteiger partial charge is 0.125 e. The van der Waals surface area contributed by atoms with Gasteiger partial charge in [-0.3, -0.25) is 0 Å². The van der Waals surface area contributed by atoms with Crippen molar-refractivity contribution in [3.05, 3.63) is 23.8 Å². The quantitative estimate of drug-likeness (QED) is 0.890. The first-order chi connectivity index (χ1) is 9.16. The van der Waals surface area contributed by atoms with E-state index in [1.807, 2.05) is 18.2 Å². The van der Waals surface area contributed by atoms with Gasteiger partial charge in [-0.2, -0.15) is 0 Å². The van der Waals surface area contributed by atoms with Gasteiger partial charge in [-0.15, -0.1) is 0 Å². The monoisotopic (exact) mass is 266 g/mol. The molecule has 19 heavy (non-hydrogen) atoms. The minimum atomic E-state index is -0.704. The normalized spacial score (nSPS) is 19.2. The molecule has 4 heteroatoms. The minimum absolute atomic E-state index is 0.500. The second-order valence-corrected chi connectivity index (χ2v) is 4.99. The van der Waals surface area contributed by atoms with Gasteiger partial charge in [-0.1, -0.05) is 12.8 Å². The topological polar surface area (TPSA) is 47.9 Å². The van der Waals surface area contributed by atoms with Crippen molar-refractivity contribution in [3.63, 3.8) is 0 Å². The van der Waals surface area contributed by atoms with Crippen molar-refractivity contribution in [3.8, 4) is 11.5 Å². The Kier molecular flexibility index (Phi) is 4.32. The van der Waals surface area contributed by atoms with Gasteiger partial charge in [0.15, 0.2) is 0 Å². The van der Waals surface area contributed by atoms with Gasteiger partial charge in [0.1, 0.15) is 17.6 Å². The first-order valence-corrected chi connectivity index (χ1v) is 6.62. The molecule has 4 nitrogen and oxygen atoms in total. The fraction of sp³-hybridized carbons (Fsp3) is 0.600. The van der Waals surface area contributed by atoms with Gasteiger partial charge in [-0.25, -0.2) is 0 Å². The van der Waals surface area contributed by atoms with Crippen molar-refractivity contribution in [1.29, 1.82) is 0 Å². The molecule has 1 N–H and O–H groups in total. The number of aliphatic hydroxyl groups is 1. The third-order valence-electron chi connectivity index (χ3n) is 4.09. The number of hydrogen-bond donors (Lipinski definition) is 1. The van der Waals surface area contributed by atoms with Crippen LogP contribution in [-0.2, 0) is 4.74 Å². The van der Waals surface area contributed by atoms with Gasteiger partial charge in [0.25, 0.3) is 0 Å². The molecule has 0 aliphatic heterocycles. The Morgan fingerprint density at radius 1 is 1.11 bits per heavy atom. The highest BCUT2D eigenvalue weighted by molar-refractivity contribution is 5.42. The SMILES string of the molecule is COc1ccc(OC)c(C(O)C2(OC)CCCC2)c1. The Hall–Kier alpha value is -1.26. The molecule has 0 bridgehead atoms. The predicted molar refractivity (Wildman–Crippen MR) is 72.7 cm³/mol. The van der Waals surface area contributed by atoms with E-state index < -0.39 is 11.7 Å². The molecule has 1 atom stereocenters. The van der Waals surface area contributed by atoms with Crippen LogP contribution in [0.1, 0.15) is 37.4 Å². The van der Waals surface area contributed by atoms with Crippen molar-refractivity contribution in [1.82, 2.24) is 0 Å². The minimum Gasteiger partial charge on any atom is -0.497 e. The summed E-state index contributed by atoms with van der Waals surface area (Å²) in [5.41, 5.74) is 0.227. The molecule has 1 aliphatic carbocycles. The maximum atomic E-state index is 10.7. The van der Waals surface area contributed by atoms with E-state index in [4.69, 9.17) is 14.2 Å².